The van der Waals surface area contributed by atoms with Crippen molar-refractivity contribution in [3.05, 3.63) is 29.6 Å². The van der Waals surface area contributed by atoms with E-state index in [4.69, 9.17) is 9.76 Å². The van der Waals surface area contributed by atoms with E-state index in [0.717, 1.165) is 0 Å². The minimum atomic E-state index is -3.25. The number of benzene rings is 1. The minimum Gasteiger partial charge on any atom is -0.556 e. The zero-order chi connectivity index (χ0) is 13.5. The maximum absolute atomic E-state index is 13.7. The van der Waals surface area contributed by atoms with Gasteiger partial charge in [0.2, 0.25) is 0 Å². The van der Waals surface area contributed by atoms with Gasteiger partial charge in [0.15, 0.2) is 0 Å². The molecule has 1 aliphatic rings. The van der Waals surface area contributed by atoms with Gasteiger partial charge in [-0.1, -0.05) is 19.1 Å². The summed E-state index contributed by atoms with van der Waals surface area (Å²) in [6.45, 7) is -1.80. The lowest BCUT2D eigenvalue weighted by Crippen LogP contribution is -2.47. The zero-order valence-electron chi connectivity index (χ0n) is 9.71. The van der Waals surface area contributed by atoms with Crippen LogP contribution in [0.25, 0.3) is 0 Å². The number of carboxylic acid groups (broad SMARTS) is 1. The van der Waals surface area contributed by atoms with E-state index in [9.17, 15) is 19.2 Å². The number of fused-ring (bicyclic) bond motifs is 1. The standard InChI is InChI=1S/C11H13BFO5/c1-6(11(14)15)5-9-10-7(12(16,17)18-9)3-2-4-8(10)13/h2-4,6,9,16-17H,5H2,1H3,(H,14,15)/q-1/t6-,9-/m1/s1. The van der Waals surface area contributed by atoms with Crippen LogP contribution in [-0.4, -0.2) is 27.9 Å². The van der Waals surface area contributed by atoms with Crippen LogP contribution >= 0.6 is 0 Å². The van der Waals surface area contributed by atoms with Crippen LogP contribution in [0.4, 0.5) is 4.39 Å². The van der Waals surface area contributed by atoms with E-state index in [0.29, 0.717) is 0 Å². The number of hydrogen-bond donors (Lipinski definition) is 3. The lowest BCUT2D eigenvalue weighted by Gasteiger charge is -2.26. The molecule has 0 aliphatic carbocycles. The Labute approximate surface area is 103 Å². The Hall–Kier alpha value is -1.44. The first-order chi connectivity index (χ1) is 8.33. The van der Waals surface area contributed by atoms with Gasteiger partial charge in [-0.25, -0.2) is 4.39 Å². The largest absolute Gasteiger partial charge is 0.556 e. The van der Waals surface area contributed by atoms with Gasteiger partial charge in [-0.2, -0.15) is 0 Å². The van der Waals surface area contributed by atoms with Crippen LogP contribution in [0, 0.1) is 11.7 Å². The molecule has 2 rings (SSSR count). The SMILES string of the molecule is C[C@H](C[C@H]1O[B-](O)(O)c2cccc(F)c21)C(=O)O. The van der Waals surface area contributed by atoms with Crippen LogP contribution < -0.4 is 5.46 Å². The summed E-state index contributed by atoms with van der Waals surface area (Å²) < 4.78 is 18.7. The normalized spacial score (nSPS) is 22.6. The second-order valence-corrected chi connectivity index (χ2v) is 4.54. The molecule has 3 N–H and O–H groups in total. The van der Waals surface area contributed by atoms with Crippen molar-refractivity contribution >= 4 is 18.2 Å². The average molecular weight is 255 g/mol. The Bertz CT molecular complexity index is 490. The molecule has 1 aromatic carbocycles. The summed E-state index contributed by atoms with van der Waals surface area (Å²) in [7, 11) is 0. The Balaban J connectivity index is 2.35. The van der Waals surface area contributed by atoms with Gasteiger partial charge in [-0.3, -0.25) is 4.79 Å². The Morgan fingerprint density at radius 2 is 2.22 bits per heavy atom. The van der Waals surface area contributed by atoms with E-state index < -0.39 is 30.6 Å². The van der Waals surface area contributed by atoms with Gasteiger partial charge in [0.25, 0.3) is 0 Å². The van der Waals surface area contributed by atoms with E-state index in [1.165, 1.54) is 25.1 Å². The molecule has 98 valence electrons. The number of hydrogen-bond acceptors (Lipinski definition) is 4. The first-order valence-corrected chi connectivity index (χ1v) is 5.61. The summed E-state index contributed by atoms with van der Waals surface area (Å²) in [5.74, 6) is -2.44. The van der Waals surface area contributed by atoms with Crippen molar-refractivity contribution in [3.8, 4) is 0 Å². The third kappa shape index (κ3) is 2.12. The summed E-state index contributed by atoms with van der Waals surface area (Å²) >= 11 is 0. The monoisotopic (exact) mass is 255 g/mol. The second kappa shape index (κ2) is 4.35. The second-order valence-electron chi connectivity index (χ2n) is 4.54. The molecule has 0 bridgehead atoms. The topological polar surface area (TPSA) is 87.0 Å². The number of carboxylic acids is 1. The summed E-state index contributed by atoms with van der Waals surface area (Å²) in [4.78, 5) is 10.8. The molecule has 0 radical (unpaired) electrons. The van der Waals surface area contributed by atoms with Crippen molar-refractivity contribution in [3.63, 3.8) is 0 Å². The molecule has 0 amide bonds. The maximum atomic E-state index is 13.7. The van der Waals surface area contributed by atoms with Crippen molar-refractivity contribution in [2.75, 3.05) is 0 Å². The molecule has 0 saturated carbocycles. The predicted octanol–water partition coefficient (Wildman–Crippen LogP) is 0.138. The highest BCUT2D eigenvalue weighted by atomic mass is 19.1. The van der Waals surface area contributed by atoms with Crippen LogP contribution in [0.5, 0.6) is 0 Å². The lowest BCUT2D eigenvalue weighted by atomic mass is 9.70. The van der Waals surface area contributed by atoms with Crippen LogP contribution in [0.1, 0.15) is 25.0 Å². The molecule has 0 aromatic heterocycles. The van der Waals surface area contributed by atoms with E-state index >= 15 is 0 Å². The Morgan fingerprint density at radius 1 is 1.56 bits per heavy atom. The third-order valence-corrected chi connectivity index (χ3v) is 3.16. The fourth-order valence-electron chi connectivity index (χ4n) is 2.19. The third-order valence-electron chi connectivity index (χ3n) is 3.16. The van der Waals surface area contributed by atoms with Gasteiger partial charge in [0.1, 0.15) is 5.82 Å². The number of halogens is 1. The molecule has 5 nitrogen and oxygen atoms in total. The van der Waals surface area contributed by atoms with Gasteiger partial charge >= 0.3 is 12.7 Å². The summed E-state index contributed by atoms with van der Waals surface area (Å²) in [5, 5.41) is 28.2. The Morgan fingerprint density at radius 3 is 2.83 bits per heavy atom. The minimum absolute atomic E-state index is 0.0161. The molecule has 0 unspecified atom stereocenters. The number of carbonyl (C=O) groups is 1. The van der Waals surface area contributed by atoms with Gasteiger partial charge in [0, 0.05) is 6.10 Å². The van der Waals surface area contributed by atoms with Gasteiger partial charge in [0.05, 0.1) is 5.92 Å². The highest BCUT2D eigenvalue weighted by Gasteiger charge is 2.40. The van der Waals surface area contributed by atoms with Crippen molar-refractivity contribution in [1.82, 2.24) is 0 Å². The van der Waals surface area contributed by atoms with Gasteiger partial charge in [-0.15, -0.1) is 5.46 Å². The van der Waals surface area contributed by atoms with Gasteiger partial charge < -0.3 is 19.8 Å². The summed E-state index contributed by atoms with van der Waals surface area (Å²) in [5.41, 5.74) is 0.0215. The summed E-state index contributed by atoms with van der Waals surface area (Å²) in [6, 6.07) is 3.89. The number of rotatable bonds is 3. The average Bonchev–Trinajstić information content (AvgIpc) is 2.51. The zero-order valence-corrected chi connectivity index (χ0v) is 9.71. The predicted molar refractivity (Wildman–Crippen MR) is 61.5 cm³/mol. The smallest absolute Gasteiger partial charge is 0.405 e. The molecule has 2 atom stereocenters. The molecule has 0 saturated heterocycles. The van der Waals surface area contributed by atoms with Crippen LogP contribution in [-0.2, 0) is 9.45 Å². The molecular formula is C11H13BFO5-. The molecule has 0 spiro atoms. The van der Waals surface area contributed by atoms with Crippen molar-refractivity contribution in [1.29, 1.82) is 0 Å². The van der Waals surface area contributed by atoms with E-state index in [1.807, 2.05) is 0 Å². The molecule has 1 aromatic rings. The van der Waals surface area contributed by atoms with Crippen molar-refractivity contribution in [2.45, 2.75) is 19.4 Å². The number of aliphatic carboxylic acids is 1. The van der Waals surface area contributed by atoms with Gasteiger partial charge in [-0.05, 0) is 18.1 Å². The fourth-order valence-corrected chi connectivity index (χ4v) is 2.19. The first-order valence-electron chi connectivity index (χ1n) is 5.61. The van der Waals surface area contributed by atoms with Crippen LogP contribution in [0.15, 0.2) is 18.2 Å². The maximum Gasteiger partial charge on any atom is 0.405 e. The highest BCUT2D eigenvalue weighted by Crippen LogP contribution is 2.34. The van der Waals surface area contributed by atoms with Crippen molar-refractivity contribution in [2.24, 2.45) is 5.92 Å². The fraction of sp³-hybridized carbons (Fsp3) is 0.364. The summed E-state index contributed by atoms with van der Waals surface area (Å²) in [6.07, 6.45) is -0.976. The van der Waals surface area contributed by atoms with Crippen LogP contribution in [0.2, 0.25) is 0 Å². The quantitative estimate of drug-likeness (QED) is 0.668. The molecule has 18 heavy (non-hydrogen) atoms. The van der Waals surface area contributed by atoms with E-state index in [-0.39, 0.29) is 17.4 Å². The van der Waals surface area contributed by atoms with E-state index in [2.05, 4.69) is 0 Å². The molecule has 0 fully saturated rings. The Kier molecular flexibility index (Phi) is 3.14. The molecule has 7 heteroatoms. The highest BCUT2D eigenvalue weighted by molar-refractivity contribution is 6.74. The lowest BCUT2D eigenvalue weighted by molar-refractivity contribution is -0.142. The van der Waals surface area contributed by atoms with Crippen LogP contribution in [0.3, 0.4) is 0 Å². The van der Waals surface area contributed by atoms with E-state index in [1.54, 1.807) is 0 Å². The molecule has 1 heterocycles. The molecular weight excluding hydrogens is 242 g/mol. The van der Waals surface area contributed by atoms with Crippen molar-refractivity contribution < 1.29 is 29.0 Å². The molecule has 1 aliphatic heterocycles. The first kappa shape index (κ1) is 13.0.